The van der Waals surface area contributed by atoms with E-state index in [-0.39, 0.29) is 22.1 Å². The summed E-state index contributed by atoms with van der Waals surface area (Å²) in [6.45, 7) is 0. The molecule has 0 aliphatic carbocycles. The first-order valence-electron chi connectivity index (χ1n) is 7.09. The van der Waals surface area contributed by atoms with Crippen molar-refractivity contribution in [3.05, 3.63) is 72.3 Å². The third kappa shape index (κ3) is 3.90. The van der Waals surface area contributed by atoms with Gasteiger partial charge in [0.05, 0.1) is 10.6 Å². The van der Waals surface area contributed by atoms with Gasteiger partial charge in [-0.25, -0.2) is 22.6 Å². The number of carbonyl (C=O) groups excluding carboxylic acids is 1. The Kier molecular flexibility index (Phi) is 4.34. The standard InChI is InChI=1S/C16H13FN4O3S/c17-11-4-6-13(7-5-11)21-9-8-15(20-21)16(22)19-12-2-1-3-14(10-12)25(18,23)24/h1-10H,(H,19,22)(H2,18,23,24). The monoisotopic (exact) mass is 360 g/mol. The fourth-order valence-corrected chi connectivity index (χ4v) is 2.69. The number of halogens is 1. The quantitative estimate of drug-likeness (QED) is 0.741. The van der Waals surface area contributed by atoms with E-state index in [2.05, 4.69) is 10.4 Å². The average molecular weight is 360 g/mol. The van der Waals surface area contributed by atoms with Crippen LogP contribution in [0.1, 0.15) is 10.5 Å². The van der Waals surface area contributed by atoms with Crippen molar-refractivity contribution in [3.8, 4) is 5.69 Å². The highest BCUT2D eigenvalue weighted by Gasteiger charge is 2.13. The van der Waals surface area contributed by atoms with Crippen LogP contribution in [0.4, 0.5) is 10.1 Å². The minimum absolute atomic E-state index is 0.109. The zero-order chi connectivity index (χ0) is 18.0. The zero-order valence-corrected chi connectivity index (χ0v) is 13.6. The van der Waals surface area contributed by atoms with Gasteiger partial charge in [-0.3, -0.25) is 4.79 Å². The molecule has 0 radical (unpaired) electrons. The highest BCUT2D eigenvalue weighted by Crippen LogP contribution is 2.15. The molecule has 0 atom stereocenters. The summed E-state index contributed by atoms with van der Waals surface area (Å²) in [7, 11) is -3.86. The van der Waals surface area contributed by atoms with Gasteiger partial charge in [0.1, 0.15) is 5.82 Å². The molecular weight excluding hydrogens is 347 g/mol. The molecule has 2 aromatic carbocycles. The summed E-state index contributed by atoms with van der Waals surface area (Å²) in [6.07, 6.45) is 1.56. The number of nitrogens with one attached hydrogen (secondary N) is 1. The predicted molar refractivity (Wildman–Crippen MR) is 89.3 cm³/mol. The number of sulfonamides is 1. The number of hydrogen-bond donors (Lipinski definition) is 2. The van der Waals surface area contributed by atoms with Crippen LogP contribution in [0, 0.1) is 5.82 Å². The van der Waals surface area contributed by atoms with Crippen molar-refractivity contribution in [3.63, 3.8) is 0 Å². The maximum absolute atomic E-state index is 12.9. The fraction of sp³-hybridized carbons (Fsp3) is 0. The van der Waals surface area contributed by atoms with E-state index in [0.717, 1.165) is 0 Å². The summed E-state index contributed by atoms with van der Waals surface area (Å²) < 4.78 is 37.1. The van der Waals surface area contributed by atoms with E-state index in [0.29, 0.717) is 5.69 Å². The van der Waals surface area contributed by atoms with Gasteiger partial charge in [0.2, 0.25) is 10.0 Å². The van der Waals surface area contributed by atoms with Gasteiger partial charge in [0.15, 0.2) is 5.69 Å². The Labute approximate surface area is 142 Å². The van der Waals surface area contributed by atoms with Gasteiger partial charge in [-0.05, 0) is 48.5 Å². The molecule has 128 valence electrons. The van der Waals surface area contributed by atoms with Crippen molar-refractivity contribution >= 4 is 21.6 Å². The lowest BCUT2D eigenvalue weighted by Gasteiger charge is -2.05. The van der Waals surface area contributed by atoms with E-state index in [9.17, 15) is 17.6 Å². The number of nitrogens with zero attached hydrogens (tertiary/aromatic N) is 2. The molecule has 0 fully saturated rings. The molecule has 0 aliphatic rings. The number of benzene rings is 2. The minimum Gasteiger partial charge on any atom is -0.321 e. The normalized spacial score (nSPS) is 11.3. The Morgan fingerprint density at radius 2 is 1.84 bits per heavy atom. The molecule has 3 rings (SSSR count). The first-order chi connectivity index (χ1) is 11.8. The zero-order valence-electron chi connectivity index (χ0n) is 12.8. The van der Waals surface area contributed by atoms with Gasteiger partial charge in [0.25, 0.3) is 5.91 Å². The van der Waals surface area contributed by atoms with Crippen LogP contribution < -0.4 is 10.5 Å². The number of amides is 1. The summed E-state index contributed by atoms with van der Waals surface area (Å²) in [4.78, 5) is 12.1. The van der Waals surface area contributed by atoms with Crippen LogP contribution in [0.3, 0.4) is 0 Å². The van der Waals surface area contributed by atoms with E-state index in [1.807, 2.05) is 0 Å². The molecule has 0 aliphatic heterocycles. The third-order valence-electron chi connectivity index (χ3n) is 3.33. The summed E-state index contributed by atoms with van der Waals surface area (Å²) >= 11 is 0. The lowest BCUT2D eigenvalue weighted by molar-refractivity contribution is 0.102. The molecule has 3 aromatic rings. The molecule has 1 amide bonds. The number of aromatic nitrogens is 2. The first-order valence-corrected chi connectivity index (χ1v) is 8.63. The summed E-state index contributed by atoms with van der Waals surface area (Å²) in [6, 6.07) is 12.7. The Morgan fingerprint density at radius 3 is 2.52 bits per heavy atom. The molecule has 0 spiro atoms. The predicted octanol–water partition coefficient (Wildman–Crippen LogP) is 1.91. The number of rotatable bonds is 4. The SMILES string of the molecule is NS(=O)(=O)c1cccc(NC(=O)c2ccn(-c3ccc(F)cc3)n2)c1. The van der Waals surface area contributed by atoms with Gasteiger partial charge in [-0.15, -0.1) is 0 Å². The molecule has 25 heavy (non-hydrogen) atoms. The second kappa shape index (κ2) is 6.46. The summed E-state index contributed by atoms with van der Waals surface area (Å²) in [5.74, 6) is -0.893. The molecule has 3 N–H and O–H groups in total. The van der Waals surface area contributed by atoms with Crippen LogP contribution >= 0.6 is 0 Å². The topological polar surface area (TPSA) is 107 Å². The highest BCUT2D eigenvalue weighted by molar-refractivity contribution is 7.89. The van der Waals surface area contributed by atoms with Gasteiger partial charge in [-0.1, -0.05) is 6.07 Å². The van der Waals surface area contributed by atoms with E-state index in [4.69, 9.17) is 5.14 Å². The van der Waals surface area contributed by atoms with Crippen molar-refractivity contribution < 1.29 is 17.6 Å². The molecule has 1 aromatic heterocycles. The van der Waals surface area contributed by atoms with Crippen molar-refractivity contribution in [1.82, 2.24) is 9.78 Å². The molecule has 7 nitrogen and oxygen atoms in total. The van der Waals surface area contributed by atoms with Crippen molar-refractivity contribution in [2.24, 2.45) is 5.14 Å². The van der Waals surface area contributed by atoms with Crippen LogP contribution in [0.15, 0.2) is 65.7 Å². The second-order valence-electron chi connectivity index (χ2n) is 5.15. The smallest absolute Gasteiger partial charge is 0.276 e. The second-order valence-corrected chi connectivity index (χ2v) is 6.71. The molecule has 0 bridgehead atoms. The summed E-state index contributed by atoms with van der Waals surface area (Å²) in [5, 5.41) is 11.7. The van der Waals surface area contributed by atoms with E-state index >= 15 is 0 Å². The highest BCUT2D eigenvalue weighted by atomic mass is 32.2. The number of primary sulfonamides is 1. The van der Waals surface area contributed by atoms with Gasteiger partial charge in [0, 0.05) is 11.9 Å². The Hall–Kier alpha value is -3.04. The number of carbonyl (C=O) groups is 1. The molecule has 0 unspecified atom stereocenters. The molecular formula is C16H13FN4O3S. The van der Waals surface area contributed by atoms with Crippen LogP contribution in [0.2, 0.25) is 0 Å². The average Bonchev–Trinajstić information content (AvgIpc) is 3.05. The van der Waals surface area contributed by atoms with Gasteiger partial charge >= 0.3 is 0 Å². The Bertz CT molecular complexity index is 1030. The number of hydrogen-bond acceptors (Lipinski definition) is 4. The Morgan fingerprint density at radius 1 is 1.12 bits per heavy atom. The van der Waals surface area contributed by atoms with E-state index in [1.54, 1.807) is 6.20 Å². The lowest BCUT2D eigenvalue weighted by atomic mass is 10.3. The van der Waals surface area contributed by atoms with Crippen LogP contribution in [-0.4, -0.2) is 24.1 Å². The minimum atomic E-state index is -3.86. The van der Waals surface area contributed by atoms with E-state index < -0.39 is 15.9 Å². The summed E-state index contributed by atoms with van der Waals surface area (Å²) in [5.41, 5.74) is 0.981. The number of anilines is 1. The maximum atomic E-state index is 12.9. The largest absolute Gasteiger partial charge is 0.321 e. The van der Waals surface area contributed by atoms with Crippen LogP contribution in [0.5, 0.6) is 0 Å². The molecule has 1 heterocycles. The molecule has 9 heteroatoms. The lowest BCUT2D eigenvalue weighted by Crippen LogP contribution is -2.15. The number of nitrogens with two attached hydrogens (primary N) is 1. The van der Waals surface area contributed by atoms with Crippen molar-refractivity contribution in [2.45, 2.75) is 4.90 Å². The van der Waals surface area contributed by atoms with Crippen LogP contribution in [-0.2, 0) is 10.0 Å². The first kappa shape index (κ1) is 16.8. The van der Waals surface area contributed by atoms with Crippen LogP contribution in [0.25, 0.3) is 5.69 Å². The van der Waals surface area contributed by atoms with Crippen molar-refractivity contribution in [1.29, 1.82) is 0 Å². The van der Waals surface area contributed by atoms with Gasteiger partial charge < -0.3 is 5.32 Å². The maximum Gasteiger partial charge on any atom is 0.276 e. The fourth-order valence-electron chi connectivity index (χ4n) is 2.13. The third-order valence-corrected chi connectivity index (χ3v) is 4.24. The van der Waals surface area contributed by atoms with E-state index in [1.165, 1.54) is 59.3 Å². The molecule has 0 saturated heterocycles. The van der Waals surface area contributed by atoms with Crippen molar-refractivity contribution in [2.75, 3.05) is 5.32 Å². The Balaban J connectivity index is 1.80. The van der Waals surface area contributed by atoms with Gasteiger partial charge in [-0.2, -0.15) is 5.10 Å². The molecule has 0 saturated carbocycles.